The van der Waals surface area contributed by atoms with Crippen LogP contribution >= 0.6 is 0 Å². The molecule has 0 radical (unpaired) electrons. The van der Waals surface area contributed by atoms with E-state index in [1.54, 1.807) is 6.07 Å². The Morgan fingerprint density at radius 3 is 2.27 bits per heavy atom. The van der Waals surface area contributed by atoms with E-state index in [-0.39, 0.29) is 12.5 Å². The maximum absolute atomic E-state index is 12.6. The molecule has 2 rings (SSSR count). The second-order valence-corrected chi connectivity index (χ2v) is 8.08. The van der Waals surface area contributed by atoms with Crippen LogP contribution in [0.4, 0.5) is 0 Å². The molecule has 0 amide bonds. The molecule has 0 bridgehead atoms. The van der Waals surface area contributed by atoms with Crippen LogP contribution in [0.25, 0.3) is 10.8 Å². The van der Waals surface area contributed by atoms with Crippen molar-refractivity contribution >= 4 is 20.9 Å². The Balaban J connectivity index is 2.57. The molecular weight excluding hydrogens is 296 g/mol. The highest BCUT2D eigenvalue weighted by atomic mass is 32.2. The van der Waals surface area contributed by atoms with Gasteiger partial charge in [-0.25, -0.2) is 0 Å². The molecule has 0 fully saturated rings. The van der Waals surface area contributed by atoms with Gasteiger partial charge >= 0.3 is 0 Å². The molecule has 0 heterocycles. The minimum atomic E-state index is -3.72. The van der Waals surface area contributed by atoms with Crippen LogP contribution in [-0.2, 0) is 20.7 Å². The highest BCUT2D eigenvalue weighted by Gasteiger charge is 2.22. The van der Waals surface area contributed by atoms with E-state index in [9.17, 15) is 8.42 Å². The smallest absolute Gasteiger partial charge is 0.266 e. The standard InChI is InChI=1S/C18H24O3S/c1-13(2)11-17-16-8-6-5-7-15(16)9-10-18(17)22(19,20)21-12-14(3)4/h5-10,13-14H,11-12H2,1-4H3. The third-order valence-electron chi connectivity index (χ3n) is 3.44. The Labute approximate surface area is 133 Å². The summed E-state index contributed by atoms with van der Waals surface area (Å²) in [6, 6.07) is 11.4. The molecule has 0 spiro atoms. The van der Waals surface area contributed by atoms with E-state index < -0.39 is 10.1 Å². The van der Waals surface area contributed by atoms with Crippen molar-refractivity contribution in [3.05, 3.63) is 42.0 Å². The number of rotatable bonds is 6. The maximum Gasteiger partial charge on any atom is 0.297 e. The van der Waals surface area contributed by atoms with E-state index in [0.29, 0.717) is 17.2 Å². The van der Waals surface area contributed by atoms with Gasteiger partial charge in [0.2, 0.25) is 0 Å². The molecule has 0 atom stereocenters. The Hall–Kier alpha value is -1.39. The van der Waals surface area contributed by atoms with Crippen molar-refractivity contribution in [2.45, 2.75) is 39.0 Å². The van der Waals surface area contributed by atoms with Crippen LogP contribution in [0.1, 0.15) is 33.3 Å². The number of hydrogen-bond acceptors (Lipinski definition) is 3. The summed E-state index contributed by atoms with van der Waals surface area (Å²) in [5, 5.41) is 2.05. The predicted molar refractivity (Wildman–Crippen MR) is 90.5 cm³/mol. The molecule has 2 aromatic rings. The van der Waals surface area contributed by atoms with Gasteiger partial charge in [-0.3, -0.25) is 4.18 Å². The first-order chi connectivity index (χ1) is 10.3. The van der Waals surface area contributed by atoms with Crippen molar-refractivity contribution in [1.82, 2.24) is 0 Å². The van der Waals surface area contributed by atoms with Crippen molar-refractivity contribution in [2.75, 3.05) is 6.61 Å². The zero-order chi connectivity index (χ0) is 16.3. The summed E-state index contributed by atoms with van der Waals surface area (Å²) < 4.78 is 30.3. The minimum absolute atomic E-state index is 0.170. The molecule has 120 valence electrons. The summed E-state index contributed by atoms with van der Waals surface area (Å²) >= 11 is 0. The van der Waals surface area contributed by atoms with E-state index in [4.69, 9.17) is 4.18 Å². The lowest BCUT2D eigenvalue weighted by Gasteiger charge is -2.16. The molecule has 0 aliphatic rings. The van der Waals surface area contributed by atoms with Gasteiger partial charge in [0, 0.05) is 0 Å². The second kappa shape index (κ2) is 6.80. The highest BCUT2D eigenvalue weighted by Crippen LogP contribution is 2.29. The molecule has 0 saturated carbocycles. The largest absolute Gasteiger partial charge is 0.297 e. The van der Waals surface area contributed by atoms with Crippen molar-refractivity contribution < 1.29 is 12.6 Å². The Kier molecular flexibility index (Phi) is 5.24. The van der Waals surface area contributed by atoms with E-state index in [2.05, 4.69) is 13.8 Å². The van der Waals surface area contributed by atoms with Crippen LogP contribution in [-0.4, -0.2) is 15.0 Å². The topological polar surface area (TPSA) is 43.4 Å². The fourth-order valence-corrected chi connectivity index (χ4v) is 3.77. The summed E-state index contributed by atoms with van der Waals surface area (Å²) in [5.41, 5.74) is 0.858. The summed E-state index contributed by atoms with van der Waals surface area (Å²) in [6.07, 6.45) is 0.709. The van der Waals surface area contributed by atoms with Gasteiger partial charge in [0.15, 0.2) is 0 Å². The summed E-state index contributed by atoms with van der Waals surface area (Å²) in [7, 11) is -3.72. The monoisotopic (exact) mass is 320 g/mol. The molecule has 0 N–H and O–H groups in total. The number of hydrogen-bond donors (Lipinski definition) is 0. The Morgan fingerprint density at radius 2 is 1.64 bits per heavy atom. The lowest BCUT2D eigenvalue weighted by atomic mass is 9.97. The van der Waals surface area contributed by atoms with Gasteiger partial charge in [0.1, 0.15) is 0 Å². The van der Waals surface area contributed by atoms with Crippen molar-refractivity contribution in [3.8, 4) is 0 Å². The quantitative estimate of drug-likeness (QED) is 0.741. The van der Waals surface area contributed by atoms with Crippen LogP contribution in [0.2, 0.25) is 0 Å². The second-order valence-electron chi connectivity index (χ2n) is 6.49. The van der Waals surface area contributed by atoms with E-state index in [0.717, 1.165) is 16.3 Å². The van der Waals surface area contributed by atoms with Gasteiger partial charge in [-0.05, 0) is 40.7 Å². The molecule has 2 aromatic carbocycles. The SMILES string of the molecule is CC(C)COS(=O)(=O)c1ccc2ccccc2c1CC(C)C. The van der Waals surface area contributed by atoms with Gasteiger partial charge in [-0.2, -0.15) is 8.42 Å². The van der Waals surface area contributed by atoms with Crippen molar-refractivity contribution in [3.63, 3.8) is 0 Å². The molecule has 0 unspecified atom stereocenters. The molecule has 3 nitrogen and oxygen atoms in total. The van der Waals surface area contributed by atoms with Gasteiger partial charge in [-0.15, -0.1) is 0 Å². The van der Waals surface area contributed by atoms with E-state index in [1.807, 2.05) is 44.2 Å². The van der Waals surface area contributed by atoms with Crippen molar-refractivity contribution in [1.29, 1.82) is 0 Å². The Morgan fingerprint density at radius 1 is 0.955 bits per heavy atom. The molecule has 0 aromatic heterocycles. The molecule has 22 heavy (non-hydrogen) atoms. The normalized spacial score (nSPS) is 12.5. The van der Waals surface area contributed by atoms with Crippen LogP contribution in [0.5, 0.6) is 0 Å². The fraction of sp³-hybridized carbons (Fsp3) is 0.444. The molecule has 0 saturated heterocycles. The van der Waals surface area contributed by atoms with Crippen molar-refractivity contribution in [2.24, 2.45) is 11.8 Å². The molecule has 0 aliphatic carbocycles. The minimum Gasteiger partial charge on any atom is -0.266 e. The summed E-state index contributed by atoms with van der Waals surface area (Å²) in [5.74, 6) is 0.536. The van der Waals surface area contributed by atoms with Crippen LogP contribution in [0.15, 0.2) is 41.3 Å². The average molecular weight is 320 g/mol. The number of fused-ring (bicyclic) bond motifs is 1. The third-order valence-corrected chi connectivity index (χ3v) is 4.80. The molecule has 0 aliphatic heterocycles. The van der Waals surface area contributed by atoms with Crippen LogP contribution < -0.4 is 0 Å². The Bertz CT molecular complexity index is 746. The van der Waals surface area contributed by atoms with Crippen LogP contribution in [0.3, 0.4) is 0 Å². The first-order valence-corrected chi connectivity index (χ1v) is 9.12. The zero-order valence-corrected chi connectivity index (χ0v) is 14.5. The molecular formula is C18H24O3S. The first-order valence-electron chi connectivity index (χ1n) is 7.71. The molecule has 4 heteroatoms. The van der Waals surface area contributed by atoms with Gasteiger partial charge in [-0.1, -0.05) is 58.0 Å². The predicted octanol–water partition coefficient (Wildman–Crippen LogP) is 4.40. The lowest BCUT2D eigenvalue weighted by Crippen LogP contribution is -2.14. The van der Waals surface area contributed by atoms with E-state index in [1.165, 1.54) is 0 Å². The lowest BCUT2D eigenvalue weighted by molar-refractivity contribution is 0.275. The average Bonchev–Trinajstić information content (AvgIpc) is 2.45. The third kappa shape index (κ3) is 3.87. The number of benzene rings is 2. The maximum atomic E-state index is 12.6. The van der Waals surface area contributed by atoms with Gasteiger partial charge < -0.3 is 0 Å². The van der Waals surface area contributed by atoms with Gasteiger partial charge in [0.25, 0.3) is 10.1 Å². The zero-order valence-electron chi connectivity index (χ0n) is 13.7. The summed E-state index contributed by atoms with van der Waals surface area (Å²) in [6.45, 7) is 8.26. The van der Waals surface area contributed by atoms with Gasteiger partial charge in [0.05, 0.1) is 11.5 Å². The van der Waals surface area contributed by atoms with Crippen LogP contribution in [0, 0.1) is 11.8 Å². The highest BCUT2D eigenvalue weighted by molar-refractivity contribution is 7.86. The van der Waals surface area contributed by atoms with E-state index >= 15 is 0 Å². The summed E-state index contributed by atoms with van der Waals surface area (Å²) in [4.78, 5) is 0.306. The first kappa shape index (κ1) is 17.0. The fourth-order valence-electron chi connectivity index (χ4n) is 2.46.